The van der Waals surface area contributed by atoms with E-state index in [1.807, 2.05) is 13.8 Å². The first-order chi connectivity index (χ1) is 19.0. The minimum Gasteiger partial charge on any atom is -0.508 e. The first-order valence-corrected chi connectivity index (χ1v) is 13.5. The predicted molar refractivity (Wildman–Crippen MR) is 147 cm³/mol. The molecule has 5 atom stereocenters. The number of amides is 3. The van der Waals surface area contributed by atoms with Crippen LogP contribution in [0.5, 0.6) is 11.5 Å². The van der Waals surface area contributed by atoms with Gasteiger partial charge in [0.25, 0.3) is 0 Å². The third kappa shape index (κ3) is 7.95. The first kappa shape index (κ1) is 30.4. The number of nitrogens with two attached hydrogens (primary N) is 1. The van der Waals surface area contributed by atoms with Crippen LogP contribution in [0.25, 0.3) is 0 Å². The van der Waals surface area contributed by atoms with Crippen molar-refractivity contribution < 1.29 is 34.5 Å². The summed E-state index contributed by atoms with van der Waals surface area (Å²) in [4.78, 5) is 53.2. The number of nitrogens with one attached hydrogen (secondary N) is 2. The second-order valence-corrected chi connectivity index (χ2v) is 10.3. The smallest absolute Gasteiger partial charge is 0.326 e. The van der Waals surface area contributed by atoms with Crippen LogP contribution in [0.3, 0.4) is 0 Å². The normalized spacial score (nSPS) is 17.9. The third-order valence-corrected chi connectivity index (χ3v) is 7.33. The molecule has 1 heterocycles. The molecule has 40 heavy (non-hydrogen) atoms. The summed E-state index contributed by atoms with van der Waals surface area (Å²) < 4.78 is 0. The molecule has 7 N–H and O–H groups in total. The number of aliphatic carboxylic acids is 1. The number of carboxylic acid groups (broad SMARTS) is 1. The average Bonchev–Trinajstić information content (AvgIpc) is 3.43. The van der Waals surface area contributed by atoms with Crippen LogP contribution < -0.4 is 16.4 Å². The molecule has 0 aromatic heterocycles. The van der Waals surface area contributed by atoms with Crippen molar-refractivity contribution >= 4 is 23.7 Å². The largest absolute Gasteiger partial charge is 0.508 e. The summed E-state index contributed by atoms with van der Waals surface area (Å²) in [5.41, 5.74) is 7.50. The molecule has 3 amide bonds. The molecule has 216 valence electrons. The number of benzene rings is 2. The number of hydrogen-bond acceptors (Lipinski definition) is 7. The summed E-state index contributed by atoms with van der Waals surface area (Å²) in [6.45, 7) is 4.02. The van der Waals surface area contributed by atoms with Gasteiger partial charge in [0.05, 0.1) is 6.04 Å². The van der Waals surface area contributed by atoms with Crippen molar-refractivity contribution in [3.05, 3.63) is 59.7 Å². The highest BCUT2D eigenvalue weighted by molar-refractivity contribution is 5.94. The molecule has 0 radical (unpaired) electrons. The zero-order chi connectivity index (χ0) is 29.4. The van der Waals surface area contributed by atoms with Gasteiger partial charge in [-0.3, -0.25) is 14.4 Å². The van der Waals surface area contributed by atoms with Crippen molar-refractivity contribution in [2.24, 2.45) is 11.7 Å². The van der Waals surface area contributed by atoms with E-state index in [-0.39, 0.29) is 30.3 Å². The van der Waals surface area contributed by atoms with E-state index < -0.39 is 47.9 Å². The minimum atomic E-state index is -1.22. The maximum absolute atomic E-state index is 13.7. The van der Waals surface area contributed by atoms with Crippen molar-refractivity contribution in [2.45, 2.75) is 70.1 Å². The molecule has 0 aliphatic carbocycles. The Kier molecular flexibility index (Phi) is 10.5. The van der Waals surface area contributed by atoms with Crippen molar-refractivity contribution in [1.29, 1.82) is 0 Å². The number of phenols is 2. The summed E-state index contributed by atoms with van der Waals surface area (Å²) >= 11 is 0. The Labute approximate surface area is 233 Å². The Hall–Kier alpha value is -4.12. The van der Waals surface area contributed by atoms with Crippen LogP contribution in [-0.4, -0.2) is 74.6 Å². The standard InChI is InChI=1S/C29H38N4O7/c1-3-17(2)25(32-26(36)22(30)15-18-6-10-20(34)11-7-18)28(38)33-14-4-5-24(33)27(37)31-23(29(39)40)16-19-8-12-21(35)13-9-19/h6-13,17,22-25,34-35H,3-5,14-16,30H2,1-2H3,(H,31,37)(H,32,36)(H,39,40). The van der Waals surface area contributed by atoms with Crippen molar-refractivity contribution in [3.63, 3.8) is 0 Å². The summed E-state index contributed by atoms with van der Waals surface area (Å²) in [7, 11) is 0. The third-order valence-electron chi connectivity index (χ3n) is 7.33. The lowest BCUT2D eigenvalue weighted by atomic mass is 9.96. The maximum atomic E-state index is 13.7. The molecule has 1 saturated heterocycles. The summed E-state index contributed by atoms with van der Waals surface area (Å²) in [5, 5.41) is 34.0. The van der Waals surface area contributed by atoms with E-state index in [2.05, 4.69) is 10.6 Å². The first-order valence-electron chi connectivity index (χ1n) is 13.5. The Morgan fingerprint density at radius 3 is 2.02 bits per heavy atom. The van der Waals surface area contributed by atoms with Gasteiger partial charge in [0.1, 0.15) is 29.6 Å². The zero-order valence-corrected chi connectivity index (χ0v) is 22.7. The average molecular weight is 555 g/mol. The fourth-order valence-electron chi connectivity index (χ4n) is 4.74. The lowest BCUT2D eigenvalue weighted by Crippen LogP contribution is -2.58. The van der Waals surface area contributed by atoms with Gasteiger partial charge in [0.2, 0.25) is 17.7 Å². The van der Waals surface area contributed by atoms with Gasteiger partial charge >= 0.3 is 5.97 Å². The number of carboxylic acids is 1. The molecule has 0 spiro atoms. The molecule has 5 unspecified atom stereocenters. The van der Waals surface area contributed by atoms with Gasteiger partial charge in [-0.2, -0.15) is 0 Å². The van der Waals surface area contributed by atoms with E-state index in [9.17, 15) is 34.5 Å². The minimum absolute atomic E-state index is 0.00644. The molecule has 0 saturated carbocycles. The fraction of sp³-hybridized carbons (Fsp3) is 0.448. The molecule has 2 aromatic carbocycles. The summed E-state index contributed by atoms with van der Waals surface area (Å²) in [5.74, 6) is -2.82. The highest BCUT2D eigenvalue weighted by Crippen LogP contribution is 2.22. The molecular formula is C29H38N4O7. The number of aromatic hydroxyl groups is 2. The highest BCUT2D eigenvalue weighted by atomic mass is 16.4. The molecule has 1 aliphatic heterocycles. The van der Waals surface area contributed by atoms with Gasteiger partial charge in [-0.25, -0.2) is 4.79 Å². The number of hydrogen-bond donors (Lipinski definition) is 6. The van der Waals surface area contributed by atoms with Crippen molar-refractivity contribution in [1.82, 2.24) is 15.5 Å². The topological polar surface area (TPSA) is 182 Å². The molecular weight excluding hydrogens is 516 g/mol. The van der Waals surface area contributed by atoms with Gasteiger partial charge in [0, 0.05) is 13.0 Å². The predicted octanol–water partition coefficient (Wildman–Crippen LogP) is 1.30. The molecule has 1 aliphatic rings. The molecule has 1 fully saturated rings. The maximum Gasteiger partial charge on any atom is 0.326 e. The zero-order valence-electron chi connectivity index (χ0n) is 22.7. The van der Waals surface area contributed by atoms with Crippen LogP contribution >= 0.6 is 0 Å². The molecule has 2 aromatic rings. The second-order valence-electron chi connectivity index (χ2n) is 10.3. The summed E-state index contributed by atoms with van der Waals surface area (Å²) in [6, 6.07) is 8.43. The van der Waals surface area contributed by atoms with Crippen molar-refractivity contribution in [2.75, 3.05) is 6.54 Å². The number of carbonyl (C=O) groups excluding carboxylic acids is 3. The molecule has 11 nitrogen and oxygen atoms in total. The SMILES string of the molecule is CCC(C)C(NC(=O)C(N)Cc1ccc(O)cc1)C(=O)N1CCCC1C(=O)NC(Cc1ccc(O)cc1)C(=O)O. The van der Waals surface area contributed by atoms with Crippen LogP contribution in [0.2, 0.25) is 0 Å². The number of likely N-dealkylation sites (tertiary alicyclic amines) is 1. The Balaban J connectivity index is 1.69. The highest BCUT2D eigenvalue weighted by Gasteiger charge is 2.40. The molecule has 0 bridgehead atoms. The van der Waals surface area contributed by atoms with Gasteiger partial charge in [-0.15, -0.1) is 0 Å². The van der Waals surface area contributed by atoms with Gasteiger partial charge in [0.15, 0.2) is 0 Å². The van der Waals surface area contributed by atoms with Gasteiger partial charge in [-0.05, 0) is 60.6 Å². The van der Waals surface area contributed by atoms with E-state index in [0.29, 0.717) is 31.4 Å². The van der Waals surface area contributed by atoms with E-state index in [0.717, 1.165) is 5.56 Å². The van der Waals surface area contributed by atoms with Crippen LogP contribution in [0.4, 0.5) is 0 Å². The Morgan fingerprint density at radius 1 is 0.950 bits per heavy atom. The van der Waals surface area contributed by atoms with Crippen LogP contribution in [0.1, 0.15) is 44.2 Å². The van der Waals surface area contributed by atoms with E-state index >= 15 is 0 Å². The van der Waals surface area contributed by atoms with Gasteiger partial charge < -0.3 is 36.6 Å². The number of nitrogens with zero attached hydrogens (tertiary/aromatic N) is 1. The lowest BCUT2D eigenvalue weighted by Gasteiger charge is -2.32. The summed E-state index contributed by atoms with van der Waals surface area (Å²) in [6.07, 6.45) is 1.72. The van der Waals surface area contributed by atoms with Gasteiger partial charge in [-0.1, -0.05) is 44.5 Å². The van der Waals surface area contributed by atoms with E-state index in [1.54, 1.807) is 24.3 Å². The lowest BCUT2D eigenvalue weighted by molar-refractivity contribution is -0.145. The van der Waals surface area contributed by atoms with Crippen LogP contribution in [-0.2, 0) is 32.0 Å². The van der Waals surface area contributed by atoms with Crippen molar-refractivity contribution in [3.8, 4) is 11.5 Å². The quantitative estimate of drug-likeness (QED) is 0.227. The number of phenolic OH excluding ortho intramolecular Hbond substituents is 2. The number of rotatable bonds is 12. The van der Waals surface area contributed by atoms with Crippen LogP contribution in [0.15, 0.2) is 48.5 Å². The molecule has 11 heteroatoms. The Bertz CT molecular complexity index is 1190. The Morgan fingerprint density at radius 2 is 1.50 bits per heavy atom. The number of carbonyl (C=O) groups is 4. The second kappa shape index (κ2) is 13.8. The van der Waals surface area contributed by atoms with Crippen LogP contribution in [0, 0.1) is 5.92 Å². The molecule has 3 rings (SSSR count). The fourth-order valence-corrected chi connectivity index (χ4v) is 4.74. The monoisotopic (exact) mass is 554 g/mol. The van der Waals surface area contributed by atoms with E-state index in [1.165, 1.54) is 29.2 Å². The van der Waals surface area contributed by atoms with E-state index in [4.69, 9.17) is 5.73 Å².